The Morgan fingerprint density at radius 3 is 2.32 bits per heavy atom. The van der Waals surface area contributed by atoms with Gasteiger partial charge in [-0.25, -0.2) is 0 Å². The van der Waals surface area contributed by atoms with Crippen molar-refractivity contribution in [3.8, 4) is 17.2 Å². The van der Waals surface area contributed by atoms with E-state index in [2.05, 4.69) is 0 Å². The lowest BCUT2D eigenvalue weighted by Gasteiger charge is -2.16. The number of methoxy groups -OCH3 is 1. The van der Waals surface area contributed by atoms with E-state index in [0.717, 1.165) is 17.0 Å². The molecule has 3 aromatic carbocycles. The first-order chi connectivity index (χ1) is 14.8. The number of carboxylic acids is 1. The molecule has 0 spiro atoms. The lowest BCUT2D eigenvalue weighted by atomic mass is 10.1. The Morgan fingerprint density at radius 1 is 0.968 bits per heavy atom. The summed E-state index contributed by atoms with van der Waals surface area (Å²) in [6, 6.07) is 17.3. The second-order valence-electron chi connectivity index (χ2n) is 6.58. The highest BCUT2D eigenvalue weighted by Crippen LogP contribution is 2.39. The van der Waals surface area contributed by atoms with Gasteiger partial charge in [0.1, 0.15) is 5.75 Å². The number of aliphatic carboxylic acids is 1. The zero-order valence-electron chi connectivity index (χ0n) is 16.5. The first-order valence-corrected chi connectivity index (χ1v) is 10.2. The minimum atomic E-state index is -4.48. The summed E-state index contributed by atoms with van der Waals surface area (Å²) >= 11 is 1.38. The lowest BCUT2D eigenvalue weighted by molar-refractivity contribution is -0.138. The smallest absolute Gasteiger partial charge is 0.416 e. The highest BCUT2D eigenvalue weighted by atomic mass is 32.2. The largest absolute Gasteiger partial charge is 0.493 e. The summed E-state index contributed by atoms with van der Waals surface area (Å²) in [5.41, 5.74) is 0.0693. The van der Waals surface area contributed by atoms with Crippen molar-refractivity contribution in [1.29, 1.82) is 0 Å². The van der Waals surface area contributed by atoms with Gasteiger partial charge >= 0.3 is 12.1 Å². The second kappa shape index (κ2) is 9.78. The molecule has 0 amide bonds. The molecule has 0 saturated heterocycles. The van der Waals surface area contributed by atoms with Crippen LogP contribution in [0.5, 0.6) is 17.2 Å². The fraction of sp³-hybridized carbons (Fsp3) is 0.174. The van der Waals surface area contributed by atoms with Crippen LogP contribution < -0.4 is 9.47 Å². The Kier molecular flexibility index (Phi) is 7.12. The standard InChI is InChI=1S/C23H19F3O4S/c1-29-20-9-7-15(12-22(27)28)11-21(20)30-19-10-8-17(23(24,25)26)13-16(19)14-31-18-5-3-2-4-6-18/h2-11,13H,12,14H2,1H3,(H,27,28). The molecule has 0 fully saturated rings. The fourth-order valence-electron chi connectivity index (χ4n) is 2.85. The molecule has 0 aliphatic heterocycles. The molecule has 0 aliphatic rings. The average Bonchev–Trinajstić information content (AvgIpc) is 2.73. The van der Waals surface area contributed by atoms with Gasteiger partial charge in [0.05, 0.1) is 19.1 Å². The Bertz CT molecular complexity index is 1050. The molecule has 0 radical (unpaired) electrons. The number of halogens is 3. The molecule has 0 aromatic heterocycles. The molecule has 3 aromatic rings. The quantitative estimate of drug-likeness (QED) is 0.403. The van der Waals surface area contributed by atoms with Gasteiger partial charge in [-0.2, -0.15) is 13.2 Å². The van der Waals surface area contributed by atoms with Crippen molar-refractivity contribution in [2.45, 2.75) is 23.2 Å². The van der Waals surface area contributed by atoms with E-state index in [1.54, 1.807) is 12.1 Å². The first-order valence-electron chi connectivity index (χ1n) is 9.21. The number of hydrogen-bond donors (Lipinski definition) is 1. The van der Waals surface area contributed by atoms with E-state index in [9.17, 15) is 18.0 Å². The van der Waals surface area contributed by atoms with Gasteiger partial charge in [-0.3, -0.25) is 4.79 Å². The van der Waals surface area contributed by atoms with Crippen molar-refractivity contribution >= 4 is 17.7 Å². The van der Waals surface area contributed by atoms with Crippen molar-refractivity contribution in [2.75, 3.05) is 7.11 Å². The molecular weight excluding hydrogens is 429 g/mol. The number of carbonyl (C=O) groups is 1. The molecule has 0 bridgehead atoms. The summed E-state index contributed by atoms with van der Waals surface area (Å²) in [6.07, 6.45) is -4.70. The predicted octanol–water partition coefficient (Wildman–Crippen LogP) is 6.43. The first kappa shape index (κ1) is 22.6. The molecular formula is C23H19F3O4S. The maximum atomic E-state index is 13.3. The molecule has 8 heteroatoms. The molecule has 4 nitrogen and oxygen atoms in total. The van der Waals surface area contributed by atoms with Crippen molar-refractivity contribution < 1.29 is 32.5 Å². The molecule has 1 N–H and O–H groups in total. The summed E-state index contributed by atoms with van der Waals surface area (Å²) in [4.78, 5) is 11.9. The van der Waals surface area contributed by atoms with Crippen LogP contribution >= 0.6 is 11.8 Å². The Balaban J connectivity index is 1.95. The number of rotatable bonds is 8. The molecule has 3 rings (SSSR count). The molecule has 0 heterocycles. The second-order valence-corrected chi connectivity index (χ2v) is 7.63. The zero-order valence-corrected chi connectivity index (χ0v) is 17.3. The topological polar surface area (TPSA) is 55.8 Å². The third kappa shape index (κ3) is 6.18. The lowest BCUT2D eigenvalue weighted by Crippen LogP contribution is -2.06. The number of hydrogen-bond acceptors (Lipinski definition) is 4. The van der Waals surface area contributed by atoms with Crippen LogP contribution in [-0.4, -0.2) is 18.2 Å². The van der Waals surface area contributed by atoms with E-state index in [1.165, 1.54) is 31.0 Å². The van der Waals surface area contributed by atoms with Gasteiger partial charge in [0.25, 0.3) is 0 Å². The SMILES string of the molecule is COc1ccc(CC(=O)O)cc1Oc1ccc(C(F)(F)F)cc1CSc1ccccc1. The summed E-state index contributed by atoms with van der Waals surface area (Å²) in [5.74, 6) is 0.0518. The average molecular weight is 448 g/mol. The third-order valence-electron chi connectivity index (χ3n) is 4.33. The van der Waals surface area contributed by atoms with E-state index < -0.39 is 17.7 Å². The highest BCUT2D eigenvalue weighted by molar-refractivity contribution is 7.98. The van der Waals surface area contributed by atoms with E-state index in [-0.39, 0.29) is 23.7 Å². The third-order valence-corrected chi connectivity index (χ3v) is 5.39. The van der Waals surface area contributed by atoms with Gasteiger partial charge in [-0.15, -0.1) is 11.8 Å². The summed E-state index contributed by atoms with van der Waals surface area (Å²) in [6.45, 7) is 0. The fourth-order valence-corrected chi connectivity index (χ4v) is 3.75. The van der Waals surface area contributed by atoms with Crippen LogP contribution in [-0.2, 0) is 23.1 Å². The van der Waals surface area contributed by atoms with Crippen molar-refractivity contribution in [2.24, 2.45) is 0 Å². The van der Waals surface area contributed by atoms with Gasteiger partial charge in [0.2, 0.25) is 0 Å². The van der Waals surface area contributed by atoms with Crippen LogP contribution in [0.2, 0.25) is 0 Å². The zero-order chi connectivity index (χ0) is 22.4. The van der Waals surface area contributed by atoms with Gasteiger partial charge < -0.3 is 14.6 Å². The van der Waals surface area contributed by atoms with Crippen molar-refractivity contribution in [3.05, 3.63) is 83.4 Å². The van der Waals surface area contributed by atoms with E-state index >= 15 is 0 Å². The summed E-state index contributed by atoms with van der Waals surface area (Å²) in [5, 5.41) is 9.02. The van der Waals surface area contributed by atoms with Crippen LogP contribution in [0, 0.1) is 0 Å². The number of ether oxygens (including phenoxy) is 2. The Labute approximate surface area is 181 Å². The number of carboxylic acid groups (broad SMARTS) is 1. The molecule has 0 atom stereocenters. The monoisotopic (exact) mass is 448 g/mol. The summed E-state index contributed by atoms with van der Waals surface area (Å²) < 4.78 is 51.0. The molecule has 0 saturated carbocycles. The molecule has 31 heavy (non-hydrogen) atoms. The van der Waals surface area contributed by atoms with E-state index in [4.69, 9.17) is 14.6 Å². The van der Waals surface area contributed by atoms with Gasteiger partial charge in [-0.05, 0) is 48.0 Å². The van der Waals surface area contributed by atoms with Gasteiger partial charge in [0, 0.05) is 16.2 Å². The van der Waals surface area contributed by atoms with Crippen LogP contribution in [0.15, 0.2) is 71.6 Å². The van der Waals surface area contributed by atoms with Gasteiger partial charge in [-0.1, -0.05) is 24.3 Å². The normalized spacial score (nSPS) is 11.2. The van der Waals surface area contributed by atoms with E-state index in [0.29, 0.717) is 16.9 Å². The van der Waals surface area contributed by atoms with Gasteiger partial charge in [0.15, 0.2) is 11.5 Å². The summed E-state index contributed by atoms with van der Waals surface area (Å²) in [7, 11) is 1.43. The minimum Gasteiger partial charge on any atom is -0.493 e. The van der Waals surface area contributed by atoms with Crippen LogP contribution in [0.3, 0.4) is 0 Å². The predicted molar refractivity (Wildman–Crippen MR) is 112 cm³/mol. The Hall–Kier alpha value is -3.13. The maximum Gasteiger partial charge on any atom is 0.416 e. The van der Waals surface area contributed by atoms with Crippen LogP contribution in [0.25, 0.3) is 0 Å². The molecule has 0 unspecified atom stereocenters. The minimum absolute atomic E-state index is 0.218. The Morgan fingerprint density at radius 2 is 1.68 bits per heavy atom. The van der Waals surface area contributed by atoms with Crippen LogP contribution in [0.1, 0.15) is 16.7 Å². The number of benzene rings is 3. The van der Waals surface area contributed by atoms with Crippen molar-refractivity contribution in [3.63, 3.8) is 0 Å². The van der Waals surface area contributed by atoms with Crippen LogP contribution in [0.4, 0.5) is 13.2 Å². The number of thioether (sulfide) groups is 1. The molecule has 162 valence electrons. The highest BCUT2D eigenvalue weighted by Gasteiger charge is 2.31. The van der Waals surface area contributed by atoms with E-state index in [1.807, 2.05) is 30.3 Å². The van der Waals surface area contributed by atoms with Crippen molar-refractivity contribution in [1.82, 2.24) is 0 Å². The maximum absolute atomic E-state index is 13.3. The number of alkyl halides is 3. The molecule has 0 aliphatic carbocycles.